The van der Waals surface area contributed by atoms with Crippen molar-refractivity contribution in [2.75, 3.05) is 32.7 Å². The standard InChI is InChI=1S/C12H25N3O2/c1-10(9-13)14-5-7-15(8-6-14)11(16)17-12(2,3)4/h10H,5-9,13H2,1-4H3/t10-/m0/s1. The quantitative estimate of drug-likeness (QED) is 0.782. The van der Waals surface area contributed by atoms with E-state index in [1.54, 1.807) is 4.90 Å². The minimum absolute atomic E-state index is 0.211. The fourth-order valence-corrected chi connectivity index (χ4v) is 1.82. The summed E-state index contributed by atoms with van der Waals surface area (Å²) in [4.78, 5) is 15.9. The van der Waals surface area contributed by atoms with Crippen LogP contribution in [-0.2, 0) is 4.74 Å². The molecule has 5 nitrogen and oxygen atoms in total. The van der Waals surface area contributed by atoms with E-state index in [-0.39, 0.29) is 6.09 Å². The van der Waals surface area contributed by atoms with E-state index in [1.807, 2.05) is 20.8 Å². The Morgan fingerprint density at radius 2 is 1.82 bits per heavy atom. The molecule has 1 aliphatic heterocycles. The Kier molecular flexibility index (Phi) is 4.77. The first-order valence-corrected chi connectivity index (χ1v) is 6.25. The van der Waals surface area contributed by atoms with E-state index < -0.39 is 5.60 Å². The predicted molar refractivity (Wildman–Crippen MR) is 67.9 cm³/mol. The average molecular weight is 243 g/mol. The summed E-state index contributed by atoms with van der Waals surface area (Å²) in [5, 5.41) is 0. The van der Waals surface area contributed by atoms with E-state index in [4.69, 9.17) is 10.5 Å². The van der Waals surface area contributed by atoms with Crippen LogP contribution >= 0.6 is 0 Å². The van der Waals surface area contributed by atoms with Crippen LogP contribution in [0.3, 0.4) is 0 Å². The van der Waals surface area contributed by atoms with Gasteiger partial charge in [0.15, 0.2) is 0 Å². The SMILES string of the molecule is C[C@@H](CN)N1CCN(C(=O)OC(C)(C)C)CC1. The van der Waals surface area contributed by atoms with Crippen molar-refractivity contribution in [3.63, 3.8) is 0 Å². The Morgan fingerprint density at radius 3 is 2.24 bits per heavy atom. The first-order chi connectivity index (χ1) is 7.83. The van der Waals surface area contributed by atoms with Gasteiger partial charge in [-0.3, -0.25) is 4.90 Å². The molecule has 0 aromatic carbocycles. The van der Waals surface area contributed by atoms with Crippen molar-refractivity contribution < 1.29 is 9.53 Å². The number of nitrogens with zero attached hydrogens (tertiary/aromatic N) is 2. The third kappa shape index (κ3) is 4.52. The summed E-state index contributed by atoms with van der Waals surface area (Å²) >= 11 is 0. The van der Waals surface area contributed by atoms with E-state index in [1.165, 1.54) is 0 Å². The molecule has 100 valence electrons. The van der Waals surface area contributed by atoms with Gasteiger partial charge in [-0.05, 0) is 27.7 Å². The molecule has 0 aliphatic carbocycles. The predicted octanol–water partition coefficient (Wildman–Crippen LogP) is 0.886. The minimum Gasteiger partial charge on any atom is -0.444 e. The smallest absolute Gasteiger partial charge is 0.410 e. The third-order valence-corrected chi connectivity index (χ3v) is 2.93. The van der Waals surface area contributed by atoms with Crippen LogP contribution in [0.4, 0.5) is 4.79 Å². The van der Waals surface area contributed by atoms with Crippen LogP contribution in [0, 0.1) is 0 Å². The second kappa shape index (κ2) is 5.69. The third-order valence-electron chi connectivity index (χ3n) is 2.93. The van der Waals surface area contributed by atoms with Gasteiger partial charge in [0.1, 0.15) is 5.60 Å². The van der Waals surface area contributed by atoms with Gasteiger partial charge in [-0.15, -0.1) is 0 Å². The maximum atomic E-state index is 11.8. The summed E-state index contributed by atoms with van der Waals surface area (Å²) in [5.74, 6) is 0. The van der Waals surface area contributed by atoms with E-state index in [9.17, 15) is 4.79 Å². The zero-order chi connectivity index (χ0) is 13.1. The van der Waals surface area contributed by atoms with Crippen LogP contribution < -0.4 is 5.73 Å². The van der Waals surface area contributed by atoms with E-state index in [2.05, 4.69) is 11.8 Å². The molecule has 1 atom stereocenters. The summed E-state index contributed by atoms with van der Waals surface area (Å²) in [6.07, 6.45) is -0.211. The Hall–Kier alpha value is -0.810. The molecule has 0 spiro atoms. The fourth-order valence-electron chi connectivity index (χ4n) is 1.82. The monoisotopic (exact) mass is 243 g/mol. The molecule has 0 saturated carbocycles. The number of amides is 1. The molecule has 0 radical (unpaired) electrons. The van der Waals surface area contributed by atoms with Gasteiger partial charge in [0.25, 0.3) is 0 Å². The summed E-state index contributed by atoms with van der Waals surface area (Å²) in [5.41, 5.74) is 5.22. The lowest BCUT2D eigenvalue weighted by atomic mass is 10.2. The van der Waals surface area contributed by atoms with Crippen molar-refractivity contribution in [3.05, 3.63) is 0 Å². The lowest BCUT2D eigenvalue weighted by molar-refractivity contribution is 0.0115. The highest BCUT2D eigenvalue weighted by Gasteiger charge is 2.26. The van der Waals surface area contributed by atoms with Crippen LogP contribution in [0.25, 0.3) is 0 Å². The summed E-state index contributed by atoms with van der Waals surface area (Å²) in [6, 6.07) is 0.385. The van der Waals surface area contributed by atoms with E-state index in [0.29, 0.717) is 12.6 Å². The highest BCUT2D eigenvalue weighted by atomic mass is 16.6. The Labute approximate surface area is 104 Å². The van der Waals surface area contributed by atoms with E-state index >= 15 is 0 Å². The largest absolute Gasteiger partial charge is 0.444 e. The first-order valence-electron chi connectivity index (χ1n) is 6.25. The van der Waals surface area contributed by atoms with Gasteiger partial charge in [-0.2, -0.15) is 0 Å². The van der Waals surface area contributed by atoms with Crippen molar-refractivity contribution in [1.82, 2.24) is 9.80 Å². The van der Waals surface area contributed by atoms with Crippen LogP contribution in [0.15, 0.2) is 0 Å². The topological polar surface area (TPSA) is 58.8 Å². The lowest BCUT2D eigenvalue weighted by Crippen LogP contribution is -2.53. The molecule has 1 rings (SSSR count). The maximum absolute atomic E-state index is 11.8. The number of carbonyl (C=O) groups is 1. The lowest BCUT2D eigenvalue weighted by Gasteiger charge is -2.38. The number of ether oxygens (including phenoxy) is 1. The zero-order valence-electron chi connectivity index (χ0n) is 11.4. The number of piperazine rings is 1. The summed E-state index contributed by atoms with van der Waals surface area (Å²) < 4.78 is 5.34. The van der Waals surface area contributed by atoms with Crippen LogP contribution in [0.2, 0.25) is 0 Å². The molecule has 1 aliphatic rings. The van der Waals surface area contributed by atoms with Crippen LogP contribution in [-0.4, -0.2) is 60.3 Å². The molecular formula is C12H25N3O2. The molecule has 0 aromatic heterocycles. The Bertz CT molecular complexity index is 255. The fraction of sp³-hybridized carbons (Fsp3) is 0.917. The number of hydrogen-bond donors (Lipinski definition) is 1. The first kappa shape index (κ1) is 14.3. The molecule has 1 saturated heterocycles. The van der Waals surface area contributed by atoms with Gasteiger partial charge in [0.05, 0.1) is 0 Å². The number of rotatable bonds is 2. The number of carbonyl (C=O) groups excluding carboxylic acids is 1. The zero-order valence-corrected chi connectivity index (χ0v) is 11.4. The highest BCUT2D eigenvalue weighted by Crippen LogP contribution is 2.12. The van der Waals surface area contributed by atoms with Gasteiger partial charge in [0, 0.05) is 38.8 Å². The molecular weight excluding hydrogens is 218 g/mol. The molecule has 5 heteroatoms. The van der Waals surface area contributed by atoms with Gasteiger partial charge in [-0.25, -0.2) is 4.79 Å². The summed E-state index contributed by atoms with van der Waals surface area (Å²) in [6.45, 7) is 11.6. The van der Waals surface area contributed by atoms with Crippen molar-refractivity contribution in [2.24, 2.45) is 5.73 Å². The second-order valence-electron chi connectivity index (χ2n) is 5.59. The Balaban J connectivity index is 2.39. The van der Waals surface area contributed by atoms with Crippen molar-refractivity contribution in [1.29, 1.82) is 0 Å². The van der Waals surface area contributed by atoms with Crippen LogP contribution in [0.1, 0.15) is 27.7 Å². The van der Waals surface area contributed by atoms with Gasteiger partial charge in [0.2, 0.25) is 0 Å². The normalized spacial score (nSPS) is 20.2. The van der Waals surface area contributed by atoms with Crippen molar-refractivity contribution in [3.8, 4) is 0 Å². The highest BCUT2D eigenvalue weighted by molar-refractivity contribution is 5.68. The molecule has 2 N–H and O–H groups in total. The van der Waals surface area contributed by atoms with Crippen LogP contribution in [0.5, 0.6) is 0 Å². The van der Waals surface area contributed by atoms with E-state index in [0.717, 1.165) is 26.2 Å². The molecule has 1 heterocycles. The number of hydrogen-bond acceptors (Lipinski definition) is 4. The van der Waals surface area contributed by atoms with Gasteiger partial charge >= 0.3 is 6.09 Å². The number of nitrogens with two attached hydrogens (primary N) is 1. The molecule has 1 fully saturated rings. The maximum Gasteiger partial charge on any atom is 0.410 e. The molecule has 0 aromatic rings. The van der Waals surface area contributed by atoms with Crippen molar-refractivity contribution >= 4 is 6.09 Å². The molecule has 0 unspecified atom stereocenters. The molecule has 17 heavy (non-hydrogen) atoms. The second-order valence-corrected chi connectivity index (χ2v) is 5.59. The molecule has 0 bridgehead atoms. The average Bonchev–Trinajstić information content (AvgIpc) is 2.26. The van der Waals surface area contributed by atoms with Crippen molar-refractivity contribution in [2.45, 2.75) is 39.3 Å². The van der Waals surface area contributed by atoms with Gasteiger partial charge in [-0.1, -0.05) is 0 Å². The Morgan fingerprint density at radius 1 is 1.29 bits per heavy atom. The van der Waals surface area contributed by atoms with Gasteiger partial charge < -0.3 is 15.4 Å². The minimum atomic E-state index is -0.418. The summed E-state index contributed by atoms with van der Waals surface area (Å²) in [7, 11) is 0. The molecule has 1 amide bonds.